The van der Waals surface area contributed by atoms with Crippen LogP contribution in [0.5, 0.6) is 0 Å². The van der Waals surface area contributed by atoms with Gasteiger partial charge in [-0.15, -0.1) is 0 Å². The van der Waals surface area contributed by atoms with Gasteiger partial charge in [0.1, 0.15) is 0 Å². The summed E-state index contributed by atoms with van der Waals surface area (Å²) in [5.41, 5.74) is 0. The molecule has 1 aliphatic rings. The van der Waals surface area contributed by atoms with Crippen LogP contribution in [-0.2, 0) is 0 Å². The molecule has 0 radical (unpaired) electrons. The van der Waals surface area contributed by atoms with Crippen molar-refractivity contribution in [3.8, 4) is 0 Å². The Hall–Kier alpha value is -0.120. The van der Waals surface area contributed by atoms with Crippen molar-refractivity contribution >= 4 is 0 Å². The van der Waals surface area contributed by atoms with Gasteiger partial charge in [-0.05, 0) is 18.9 Å². The summed E-state index contributed by atoms with van der Waals surface area (Å²) in [5, 5.41) is 17.8. The standard InChI is InChI=1S/C9H19NO2/c1-2-8-3-4-10(5-8)6-9(12)7-11/h8-9,11-12H,2-7H2,1H3. The first kappa shape index (κ1) is 9.96. The summed E-state index contributed by atoms with van der Waals surface area (Å²) in [5.74, 6) is 0.802. The molecule has 0 aromatic rings. The van der Waals surface area contributed by atoms with Crippen molar-refractivity contribution < 1.29 is 10.2 Å². The molecule has 3 heteroatoms. The van der Waals surface area contributed by atoms with Crippen LogP contribution in [0.15, 0.2) is 0 Å². The molecule has 3 nitrogen and oxygen atoms in total. The number of rotatable bonds is 4. The molecule has 0 spiro atoms. The quantitative estimate of drug-likeness (QED) is 0.632. The molecular weight excluding hydrogens is 154 g/mol. The van der Waals surface area contributed by atoms with Gasteiger partial charge in [-0.2, -0.15) is 0 Å². The first-order valence-corrected chi connectivity index (χ1v) is 4.77. The van der Waals surface area contributed by atoms with E-state index in [1.807, 2.05) is 0 Å². The normalized spacial score (nSPS) is 27.8. The Morgan fingerprint density at radius 2 is 2.33 bits per heavy atom. The molecule has 1 rings (SSSR count). The van der Waals surface area contributed by atoms with Gasteiger partial charge in [0.15, 0.2) is 0 Å². The highest BCUT2D eigenvalue weighted by molar-refractivity contribution is 4.76. The van der Waals surface area contributed by atoms with Gasteiger partial charge < -0.3 is 15.1 Å². The van der Waals surface area contributed by atoms with E-state index >= 15 is 0 Å². The molecule has 0 aromatic carbocycles. The Morgan fingerprint density at radius 3 is 2.83 bits per heavy atom. The van der Waals surface area contributed by atoms with Gasteiger partial charge in [0.25, 0.3) is 0 Å². The maximum atomic E-state index is 9.19. The molecule has 2 atom stereocenters. The fourth-order valence-electron chi connectivity index (χ4n) is 1.77. The molecule has 0 bridgehead atoms. The average molecular weight is 173 g/mol. The fraction of sp³-hybridized carbons (Fsp3) is 1.00. The van der Waals surface area contributed by atoms with Gasteiger partial charge in [0.2, 0.25) is 0 Å². The summed E-state index contributed by atoms with van der Waals surface area (Å²) in [6.07, 6.45) is 1.92. The lowest BCUT2D eigenvalue weighted by Gasteiger charge is -2.18. The average Bonchev–Trinajstić information content (AvgIpc) is 2.52. The lowest BCUT2D eigenvalue weighted by molar-refractivity contribution is 0.0650. The van der Waals surface area contributed by atoms with E-state index in [2.05, 4.69) is 11.8 Å². The van der Waals surface area contributed by atoms with Crippen molar-refractivity contribution in [1.82, 2.24) is 4.90 Å². The molecule has 0 saturated carbocycles. The van der Waals surface area contributed by atoms with Gasteiger partial charge in [-0.1, -0.05) is 13.3 Å². The number of hydrogen-bond acceptors (Lipinski definition) is 3. The molecular formula is C9H19NO2. The highest BCUT2D eigenvalue weighted by atomic mass is 16.3. The third-order valence-electron chi connectivity index (χ3n) is 2.63. The minimum absolute atomic E-state index is 0.118. The van der Waals surface area contributed by atoms with Gasteiger partial charge >= 0.3 is 0 Å². The van der Waals surface area contributed by atoms with Crippen LogP contribution >= 0.6 is 0 Å². The zero-order chi connectivity index (χ0) is 8.97. The molecule has 72 valence electrons. The smallest absolute Gasteiger partial charge is 0.0897 e. The molecule has 1 fully saturated rings. The summed E-state index contributed by atoms with van der Waals surface area (Å²) in [7, 11) is 0. The van der Waals surface area contributed by atoms with Crippen LogP contribution in [0.1, 0.15) is 19.8 Å². The second-order valence-electron chi connectivity index (χ2n) is 3.66. The summed E-state index contributed by atoms with van der Waals surface area (Å²) in [6, 6.07) is 0. The van der Waals surface area contributed by atoms with E-state index in [0.717, 1.165) is 19.0 Å². The van der Waals surface area contributed by atoms with E-state index in [9.17, 15) is 5.11 Å². The van der Waals surface area contributed by atoms with Crippen molar-refractivity contribution in [2.24, 2.45) is 5.92 Å². The number of β-amino-alcohol motifs (C(OH)–C–C–N with tert-alkyl or cyclic N) is 1. The Bertz CT molecular complexity index is 130. The number of hydrogen-bond donors (Lipinski definition) is 2. The Balaban J connectivity index is 2.18. The third-order valence-corrected chi connectivity index (χ3v) is 2.63. The predicted octanol–water partition coefficient (Wildman–Crippen LogP) is 0.0715. The zero-order valence-corrected chi connectivity index (χ0v) is 7.74. The highest BCUT2D eigenvalue weighted by Crippen LogP contribution is 2.18. The molecule has 1 saturated heterocycles. The van der Waals surface area contributed by atoms with Gasteiger partial charge in [0.05, 0.1) is 12.7 Å². The molecule has 1 heterocycles. The van der Waals surface area contributed by atoms with E-state index in [-0.39, 0.29) is 6.61 Å². The van der Waals surface area contributed by atoms with Crippen LogP contribution in [0.3, 0.4) is 0 Å². The number of likely N-dealkylation sites (tertiary alicyclic amines) is 1. The van der Waals surface area contributed by atoms with Crippen molar-refractivity contribution in [2.75, 3.05) is 26.2 Å². The van der Waals surface area contributed by atoms with Crippen molar-refractivity contribution in [1.29, 1.82) is 0 Å². The molecule has 1 aliphatic heterocycles. The minimum Gasteiger partial charge on any atom is -0.394 e. The van der Waals surface area contributed by atoms with E-state index < -0.39 is 6.10 Å². The van der Waals surface area contributed by atoms with Crippen LogP contribution in [0.25, 0.3) is 0 Å². The van der Waals surface area contributed by atoms with Gasteiger partial charge in [0, 0.05) is 13.1 Å². The monoisotopic (exact) mass is 173 g/mol. The van der Waals surface area contributed by atoms with Gasteiger partial charge in [-0.25, -0.2) is 0 Å². The Labute approximate surface area is 74.0 Å². The SMILES string of the molecule is CCC1CCN(CC(O)CO)C1. The first-order valence-electron chi connectivity index (χ1n) is 4.77. The van der Waals surface area contributed by atoms with E-state index in [1.165, 1.54) is 12.8 Å². The van der Waals surface area contributed by atoms with Crippen LogP contribution in [-0.4, -0.2) is 47.5 Å². The zero-order valence-electron chi connectivity index (χ0n) is 7.74. The Kier molecular flexibility index (Phi) is 3.98. The second kappa shape index (κ2) is 4.80. The maximum absolute atomic E-state index is 9.19. The van der Waals surface area contributed by atoms with Crippen LogP contribution in [0.2, 0.25) is 0 Å². The summed E-state index contributed by atoms with van der Waals surface area (Å²) < 4.78 is 0. The van der Waals surface area contributed by atoms with Crippen LogP contribution < -0.4 is 0 Å². The fourth-order valence-corrected chi connectivity index (χ4v) is 1.77. The second-order valence-corrected chi connectivity index (χ2v) is 3.66. The molecule has 0 aromatic heterocycles. The summed E-state index contributed by atoms with van der Waals surface area (Å²) >= 11 is 0. The van der Waals surface area contributed by atoms with Crippen molar-refractivity contribution in [2.45, 2.75) is 25.9 Å². The molecule has 0 aliphatic carbocycles. The van der Waals surface area contributed by atoms with E-state index in [0.29, 0.717) is 6.54 Å². The largest absolute Gasteiger partial charge is 0.394 e. The first-order chi connectivity index (χ1) is 5.76. The van der Waals surface area contributed by atoms with Gasteiger partial charge in [-0.3, -0.25) is 0 Å². The van der Waals surface area contributed by atoms with Crippen LogP contribution in [0.4, 0.5) is 0 Å². The topological polar surface area (TPSA) is 43.7 Å². The molecule has 2 unspecified atom stereocenters. The molecule has 2 N–H and O–H groups in total. The number of aliphatic hydroxyl groups is 2. The third kappa shape index (κ3) is 2.73. The Morgan fingerprint density at radius 1 is 1.58 bits per heavy atom. The highest BCUT2D eigenvalue weighted by Gasteiger charge is 2.22. The minimum atomic E-state index is -0.555. The summed E-state index contributed by atoms with van der Waals surface area (Å²) in [4.78, 5) is 2.23. The van der Waals surface area contributed by atoms with E-state index in [1.54, 1.807) is 0 Å². The van der Waals surface area contributed by atoms with Crippen LogP contribution in [0, 0.1) is 5.92 Å². The van der Waals surface area contributed by atoms with Crippen molar-refractivity contribution in [3.63, 3.8) is 0 Å². The molecule has 0 amide bonds. The number of aliphatic hydroxyl groups excluding tert-OH is 2. The lowest BCUT2D eigenvalue weighted by Crippen LogP contribution is -2.32. The maximum Gasteiger partial charge on any atom is 0.0897 e. The lowest BCUT2D eigenvalue weighted by atomic mass is 10.1. The van der Waals surface area contributed by atoms with Crippen molar-refractivity contribution in [3.05, 3.63) is 0 Å². The number of nitrogens with zero attached hydrogens (tertiary/aromatic N) is 1. The van der Waals surface area contributed by atoms with E-state index in [4.69, 9.17) is 5.11 Å². The molecule has 12 heavy (non-hydrogen) atoms. The summed E-state index contributed by atoms with van der Waals surface area (Å²) in [6.45, 7) is 4.89. The predicted molar refractivity (Wildman–Crippen MR) is 47.9 cm³/mol.